The zero-order chi connectivity index (χ0) is 27.1. The Morgan fingerprint density at radius 1 is 1.34 bits per heavy atom. The zero-order valence-corrected chi connectivity index (χ0v) is 21.6. The topological polar surface area (TPSA) is 120 Å². The van der Waals surface area contributed by atoms with Gasteiger partial charge >= 0.3 is 5.97 Å². The van der Waals surface area contributed by atoms with E-state index < -0.39 is 23.7 Å². The summed E-state index contributed by atoms with van der Waals surface area (Å²) < 4.78 is 26.9. The molecule has 0 saturated heterocycles. The third kappa shape index (κ3) is 3.23. The number of pyridine rings is 2. The summed E-state index contributed by atoms with van der Waals surface area (Å²) in [6.45, 7) is 5.01. The van der Waals surface area contributed by atoms with Crippen LogP contribution in [0, 0.1) is 12.7 Å². The van der Waals surface area contributed by atoms with Crippen molar-refractivity contribution in [1.29, 1.82) is 0 Å². The summed E-state index contributed by atoms with van der Waals surface area (Å²) >= 11 is 0. The average Bonchev–Trinajstić information content (AvgIpc) is 3.28. The van der Waals surface area contributed by atoms with E-state index in [0.29, 0.717) is 35.3 Å². The fourth-order valence-corrected chi connectivity index (χ4v) is 6.10. The Morgan fingerprint density at radius 3 is 2.82 bits per heavy atom. The second-order valence-electron chi connectivity index (χ2n) is 10.3. The molecule has 1 amide bonds. The minimum atomic E-state index is -1.95. The summed E-state index contributed by atoms with van der Waals surface area (Å²) in [6.07, 6.45) is 0.479. The molecule has 4 heterocycles. The third-order valence-electron chi connectivity index (χ3n) is 8.42. The highest BCUT2D eigenvalue weighted by Crippen LogP contribution is 2.45. The highest BCUT2D eigenvalue weighted by molar-refractivity contribution is 5.94. The Bertz CT molecular complexity index is 1630. The van der Waals surface area contributed by atoms with Crippen LogP contribution in [0.4, 0.5) is 4.39 Å². The van der Waals surface area contributed by atoms with E-state index in [4.69, 9.17) is 14.5 Å². The van der Waals surface area contributed by atoms with Gasteiger partial charge in [-0.05, 0) is 55.9 Å². The van der Waals surface area contributed by atoms with Crippen LogP contribution in [0.15, 0.2) is 16.9 Å². The molecule has 1 aliphatic carbocycles. The Hall–Kier alpha value is -3.63. The number of halogens is 1. The van der Waals surface area contributed by atoms with E-state index in [-0.39, 0.29) is 48.0 Å². The number of carbonyl (C=O) groups excluding carboxylic acids is 2. The van der Waals surface area contributed by atoms with Crippen molar-refractivity contribution in [3.8, 4) is 11.4 Å². The number of hydrogen-bond acceptors (Lipinski definition) is 7. The number of aromatic nitrogens is 2. The van der Waals surface area contributed by atoms with Crippen molar-refractivity contribution >= 4 is 22.8 Å². The summed E-state index contributed by atoms with van der Waals surface area (Å²) in [7, 11) is 1.46. The SMILES string of the molecule is CC[C@@]1(O)C(=O)OCc2c1cc1n(c2=O)Cc2c-1nc1cc(F)c(C)c3c1c2[C@@H](NC(=O)[C@H](C)OC)CC3. The minimum Gasteiger partial charge on any atom is -0.458 e. The van der Waals surface area contributed by atoms with Crippen molar-refractivity contribution in [2.75, 3.05) is 7.11 Å². The van der Waals surface area contributed by atoms with Crippen LogP contribution in [-0.2, 0) is 44.2 Å². The van der Waals surface area contributed by atoms with E-state index in [1.807, 2.05) is 0 Å². The maximum atomic E-state index is 15.0. The second kappa shape index (κ2) is 8.44. The number of nitrogens with one attached hydrogen (secondary N) is 1. The van der Waals surface area contributed by atoms with E-state index in [1.165, 1.54) is 13.2 Å². The maximum Gasteiger partial charge on any atom is 0.343 e. The smallest absolute Gasteiger partial charge is 0.343 e. The van der Waals surface area contributed by atoms with Crippen molar-refractivity contribution in [3.05, 3.63) is 61.7 Å². The number of nitrogens with zero attached hydrogens (tertiary/aromatic N) is 2. The van der Waals surface area contributed by atoms with Crippen molar-refractivity contribution in [2.24, 2.45) is 0 Å². The number of fused-ring (bicyclic) bond motifs is 5. The van der Waals surface area contributed by atoms with Crippen molar-refractivity contribution in [2.45, 2.75) is 70.9 Å². The molecule has 0 spiro atoms. The molecule has 2 aliphatic heterocycles. The number of rotatable bonds is 4. The number of methoxy groups -OCH3 is 1. The van der Waals surface area contributed by atoms with Gasteiger partial charge in [0.05, 0.1) is 35.1 Å². The fraction of sp³-hybridized carbons (Fsp3) is 0.429. The van der Waals surface area contributed by atoms with Gasteiger partial charge in [0.1, 0.15) is 18.5 Å². The molecule has 2 N–H and O–H groups in total. The molecule has 0 radical (unpaired) electrons. The molecule has 9 nitrogen and oxygen atoms in total. The van der Waals surface area contributed by atoms with Crippen LogP contribution in [0.25, 0.3) is 22.3 Å². The van der Waals surface area contributed by atoms with Gasteiger partial charge in [0.2, 0.25) is 5.91 Å². The Kier molecular flexibility index (Phi) is 5.48. The van der Waals surface area contributed by atoms with E-state index >= 15 is 0 Å². The molecular weight excluding hydrogens is 493 g/mol. The molecule has 0 unspecified atom stereocenters. The molecule has 1 aromatic carbocycles. The highest BCUT2D eigenvalue weighted by atomic mass is 19.1. The third-order valence-corrected chi connectivity index (χ3v) is 8.42. The second-order valence-corrected chi connectivity index (χ2v) is 10.3. The van der Waals surface area contributed by atoms with Crippen LogP contribution in [0.2, 0.25) is 0 Å². The van der Waals surface area contributed by atoms with E-state index in [9.17, 15) is 23.9 Å². The number of esters is 1. The van der Waals surface area contributed by atoms with Gasteiger partial charge in [0, 0.05) is 29.7 Å². The van der Waals surface area contributed by atoms with Crippen molar-refractivity contribution in [3.63, 3.8) is 0 Å². The van der Waals surface area contributed by atoms with E-state index in [1.54, 1.807) is 31.4 Å². The van der Waals surface area contributed by atoms with Gasteiger partial charge < -0.3 is 24.5 Å². The summed E-state index contributed by atoms with van der Waals surface area (Å²) in [5, 5.41) is 15.0. The molecule has 3 aliphatic rings. The number of aryl methyl sites for hydroxylation is 1. The van der Waals surface area contributed by atoms with Gasteiger partial charge in [-0.3, -0.25) is 9.59 Å². The first-order valence-electron chi connectivity index (χ1n) is 12.8. The predicted octanol–water partition coefficient (Wildman–Crippen LogP) is 2.67. The van der Waals surface area contributed by atoms with Gasteiger partial charge in [-0.2, -0.15) is 0 Å². The standard InChI is InChI=1S/C28H28FN3O6/c1-5-28(36)17-8-21-24-15(10-32(21)26(34)16(17)11-38-27(28)35)23-19(31-25(33)13(3)37-4)7-6-14-12(2)18(29)9-20(30-24)22(14)23/h8-9,13,19,36H,5-7,10-11H2,1-4H3,(H,31,33)/t13-,19-,28-/m0/s1. The average molecular weight is 522 g/mol. The van der Waals surface area contributed by atoms with Crippen molar-refractivity contribution < 1.29 is 28.6 Å². The predicted molar refractivity (Wildman–Crippen MR) is 135 cm³/mol. The van der Waals surface area contributed by atoms with Gasteiger partial charge in [0.25, 0.3) is 5.56 Å². The number of amides is 1. The molecule has 0 bridgehead atoms. The Balaban J connectivity index is 1.63. The number of cyclic esters (lactones) is 1. The van der Waals surface area contributed by atoms with Crippen LogP contribution in [0.3, 0.4) is 0 Å². The molecule has 198 valence electrons. The number of hydrogen-bond donors (Lipinski definition) is 2. The lowest BCUT2D eigenvalue weighted by Crippen LogP contribution is -2.44. The number of ether oxygens (including phenoxy) is 2. The molecule has 38 heavy (non-hydrogen) atoms. The summed E-state index contributed by atoms with van der Waals surface area (Å²) in [5.41, 5.74) is 2.41. The molecular formula is C28H28FN3O6. The van der Waals surface area contributed by atoms with Crippen LogP contribution in [0.1, 0.15) is 66.1 Å². The lowest BCUT2D eigenvalue weighted by molar-refractivity contribution is -0.172. The lowest BCUT2D eigenvalue weighted by atomic mass is 9.81. The number of carbonyl (C=O) groups is 2. The lowest BCUT2D eigenvalue weighted by Gasteiger charge is -2.31. The maximum absolute atomic E-state index is 15.0. The summed E-state index contributed by atoms with van der Waals surface area (Å²) in [4.78, 5) is 43.8. The largest absolute Gasteiger partial charge is 0.458 e. The molecule has 10 heteroatoms. The van der Waals surface area contributed by atoms with E-state index in [0.717, 1.165) is 22.1 Å². The number of benzene rings is 1. The highest BCUT2D eigenvalue weighted by Gasteiger charge is 2.46. The van der Waals surface area contributed by atoms with Gasteiger partial charge in [-0.1, -0.05) is 6.92 Å². The number of aliphatic hydroxyl groups is 1. The molecule has 3 aromatic rings. The molecule has 2 aromatic heterocycles. The molecule has 0 saturated carbocycles. The van der Waals surface area contributed by atoms with Crippen LogP contribution >= 0.6 is 0 Å². The van der Waals surface area contributed by atoms with Gasteiger partial charge in [-0.25, -0.2) is 14.2 Å². The minimum absolute atomic E-state index is 0.0324. The summed E-state index contributed by atoms with van der Waals surface area (Å²) in [5.74, 6) is -1.44. The van der Waals surface area contributed by atoms with Crippen LogP contribution in [-0.4, -0.2) is 39.7 Å². The first-order valence-corrected chi connectivity index (χ1v) is 12.8. The Labute approximate surface area is 217 Å². The zero-order valence-electron chi connectivity index (χ0n) is 21.6. The fourth-order valence-electron chi connectivity index (χ4n) is 6.10. The molecule has 3 atom stereocenters. The van der Waals surface area contributed by atoms with Crippen molar-refractivity contribution in [1.82, 2.24) is 14.9 Å². The molecule has 6 rings (SSSR count). The van der Waals surface area contributed by atoms with Gasteiger partial charge in [-0.15, -0.1) is 0 Å². The van der Waals surface area contributed by atoms with Gasteiger partial charge in [0.15, 0.2) is 5.60 Å². The van der Waals surface area contributed by atoms with Crippen LogP contribution < -0.4 is 10.9 Å². The first kappa shape index (κ1) is 24.7. The normalized spacial score (nSPS) is 21.9. The quantitative estimate of drug-likeness (QED) is 0.396. The monoisotopic (exact) mass is 521 g/mol. The first-order chi connectivity index (χ1) is 18.1. The molecule has 0 fully saturated rings. The van der Waals surface area contributed by atoms with E-state index in [2.05, 4.69) is 5.32 Å². The summed E-state index contributed by atoms with van der Waals surface area (Å²) in [6, 6.07) is 2.63. The van der Waals surface area contributed by atoms with Crippen LogP contribution in [0.5, 0.6) is 0 Å². The Morgan fingerprint density at radius 2 is 2.11 bits per heavy atom.